The van der Waals surface area contributed by atoms with Crippen LogP contribution >= 0.6 is 0 Å². The number of benzene rings is 2. The van der Waals surface area contributed by atoms with Gasteiger partial charge in [0, 0.05) is 36.7 Å². The number of carbonyl (C=O) groups is 3. The molecule has 0 bridgehead atoms. The Kier molecular flexibility index (Phi) is 5.88. The number of piperazine rings is 1. The third-order valence-corrected chi connectivity index (χ3v) is 5.90. The minimum Gasteiger partial charge on any atom is -0.353 e. The maximum Gasteiger partial charge on any atom is 0.261 e. The van der Waals surface area contributed by atoms with Gasteiger partial charge in [0.2, 0.25) is 5.91 Å². The van der Waals surface area contributed by atoms with Gasteiger partial charge in [0.15, 0.2) is 5.82 Å². The van der Waals surface area contributed by atoms with Crippen molar-refractivity contribution in [2.45, 2.75) is 6.92 Å². The maximum atomic E-state index is 13.3. The molecule has 35 heavy (non-hydrogen) atoms. The minimum absolute atomic E-state index is 0.0460. The molecule has 9 heteroatoms. The molecule has 0 radical (unpaired) electrons. The Balaban J connectivity index is 1.39. The van der Waals surface area contributed by atoms with E-state index in [2.05, 4.69) is 15.7 Å². The Bertz CT molecular complexity index is 1390. The van der Waals surface area contributed by atoms with E-state index in [1.807, 2.05) is 60.3 Å². The van der Waals surface area contributed by atoms with Crippen LogP contribution in [0.3, 0.4) is 0 Å². The molecule has 1 aliphatic rings. The molecule has 9 nitrogen and oxygen atoms in total. The Morgan fingerprint density at radius 3 is 2.46 bits per heavy atom. The second kappa shape index (κ2) is 9.30. The molecule has 1 saturated heterocycles. The van der Waals surface area contributed by atoms with Crippen LogP contribution in [0.5, 0.6) is 0 Å². The van der Waals surface area contributed by atoms with Gasteiger partial charge in [-0.1, -0.05) is 18.2 Å². The van der Waals surface area contributed by atoms with Crippen molar-refractivity contribution in [3.63, 3.8) is 0 Å². The van der Waals surface area contributed by atoms with Gasteiger partial charge in [-0.05, 0) is 55.0 Å². The molecule has 0 aliphatic carbocycles. The fourth-order valence-electron chi connectivity index (χ4n) is 4.09. The molecule has 0 atom stereocenters. The van der Waals surface area contributed by atoms with E-state index in [-0.39, 0.29) is 24.3 Å². The van der Waals surface area contributed by atoms with Crippen molar-refractivity contribution in [3.05, 3.63) is 95.9 Å². The van der Waals surface area contributed by atoms with Gasteiger partial charge < -0.3 is 20.1 Å². The molecular formula is C26H24N6O3. The molecule has 1 aliphatic heterocycles. The first-order valence-electron chi connectivity index (χ1n) is 11.3. The van der Waals surface area contributed by atoms with Crippen LogP contribution in [0, 0.1) is 6.92 Å². The van der Waals surface area contributed by atoms with E-state index in [9.17, 15) is 14.4 Å². The zero-order valence-electron chi connectivity index (χ0n) is 19.1. The van der Waals surface area contributed by atoms with Crippen LogP contribution in [0.1, 0.15) is 26.3 Å². The quantitative estimate of drug-likeness (QED) is 0.470. The van der Waals surface area contributed by atoms with Crippen LogP contribution in [0.25, 0.3) is 11.5 Å². The lowest BCUT2D eigenvalue weighted by Gasteiger charge is -2.26. The fourth-order valence-corrected chi connectivity index (χ4v) is 4.09. The number of rotatable bonds is 5. The summed E-state index contributed by atoms with van der Waals surface area (Å²) in [5, 5.41) is 10.1. The fraction of sp³-hybridized carbons (Fsp3) is 0.154. The largest absolute Gasteiger partial charge is 0.353 e. The van der Waals surface area contributed by atoms with Crippen LogP contribution in [0.4, 0.5) is 5.69 Å². The Morgan fingerprint density at radius 2 is 1.74 bits per heavy atom. The molecule has 176 valence electrons. The van der Waals surface area contributed by atoms with E-state index in [1.165, 1.54) is 4.90 Å². The normalized spacial score (nSPS) is 13.4. The van der Waals surface area contributed by atoms with Crippen LogP contribution in [-0.4, -0.2) is 56.6 Å². The third kappa shape index (κ3) is 4.43. The van der Waals surface area contributed by atoms with E-state index < -0.39 is 0 Å². The lowest BCUT2D eigenvalue weighted by atomic mass is 10.1. The van der Waals surface area contributed by atoms with Crippen molar-refractivity contribution in [1.82, 2.24) is 24.6 Å². The number of para-hydroxylation sites is 1. The molecule has 5 rings (SSSR count). The zero-order chi connectivity index (χ0) is 24.4. The SMILES string of the molecule is Cc1ccccc1-n1ncc(C(=O)Nc2ccc(C(=O)N3CCNC(=O)C3)cc2)c1-n1cccc1. The molecule has 0 spiro atoms. The summed E-state index contributed by atoms with van der Waals surface area (Å²) >= 11 is 0. The average Bonchev–Trinajstić information content (AvgIpc) is 3.54. The van der Waals surface area contributed by atoms with Crippen LogP contribution < -0.4 is 10.6 Å². The van der Waals surface area contributed by atoms with Gasteiger partial charge in [-0.25, -0.2) is 4.68 Å². The van der Waals surface area contributed by atoms with Crippen molar-refractivity contribution < 1.29 is 14.4 Å². The summed E-state index contributed by atoms with van der Waals surface area (Å²) in [5.74, 6) is -0.0809. The number of hydrogen-bond acceptors (Lipinski definition) is 4. The number of nitrogens with zero attached hydrogens (tertiary/aromatic N) is 4. The summed E-state index contributed by atoms with van der Waals surface area (Å²) in [6, 6.07) is 18.3. The van der Waals surface area contributed by atoms with Crippen molar-refractivity contribution in [2.75, 3.05) is 25.0 Å². The Morgan fingerprint density at radius 1 is 1.00 bits per heavy atom. The number of hydrogen-bond donors (Lipinski definition) is 2. The van der Waals surface area contributed by atoms with E-state index in [4.69, 9.17) is 0 Å². The summed E-state index contributed by atoms with van der Waals surface area (Å²) in [6.45, 7) is 2.95. The summed E-state index contributed by atoms with van der Waals surface area (Å²) in [4.78, 5) is 39.0. The van der Waals surface area contributed by atoms with Gasteiger partial charge >= 0.3 is 0 Å². The van der Waals surface area contributed by atoms with Gasteiger partial charge in [0.25, 0.3) is 11.8 Å². The molecule has 3 heterocycles. The summed E-state index contributed by atoms with van der Waals surface area (Å²) in [6.07, 6.45) is 5.28. The minimum atomic E-state index is -0.319. The van der Waals surface area contributed by atoms with Gasteiger partial charge in [-0.15, -0.1) is 0 Å². The van der Waals surface area contributed by atoms with Gasteiger partial charge in [-0.3, -0.25) is 14.4 Å². The van der Waals surface area contributed by atoms with Crippen molar-refractivity contribution in [3.8, 4) is 11.5 Å². The maximum absolute atomic E-state index is 13.3. The molecule has 0 unspecified atom stereocenters. The van der Waals surface area contributed by atoms with Crippen LogP contribution in [0.2, 0.25) is 0 Å². The van der Waals surface area contributed by atoms with Gasteiger partial charge in [0.05, 0.1) is 18.4 Å². The van der Waals surface area contributed by atoms with Gasteiger partial charge in [0.1, 0.15) is 5.56 Å². The van der Waals surface area contributed by atoms with E-state index >= 15 is 0 Å². The highest BCUT2D eigenvalue weighted by Crippen LogP contribution is 2.23. The average molecular weight is 469 g/mol. The van der Waals surface area contributed by atoms with Crippen LogP contribution in [-0.2, 0) is 4.79 Å². The number of carbonyl (C=O) groups excluding carboxylic acids is 3. The third-order valence-electron chi connectivity index (χ3n) is 5.90. The first kappa shape index (κ1) is 22.1. The van der Waals surface area contributed by atoms with E-state index in [1.54, 1.807) is 35.1 Å². The highest BCUT2D eigenvalue weighted by Gasteiger charge is 2.23. The zero-order valence-corrected chi connectivity index (χ0v) is 19.1. The predicted octanol–water partition coefficient (Wildman–Crippen LogP) is 2.80. The Hall–Kier alpha value is -4.66. The molecule has 0 saturated carbocycles. The van der Waals surface area contributed by atoms with Gasteiger partial charge in [-0.2, -0.15) is 5.10 Å². The number of nitrogens with one attached hydrogen (secondary N) is 2. The molecule has 2 N–H and O–H groups in total. The van der Waals surface area contributed by atoms with Crippen molar-refractivity contribution >= 4 is 23.4 Å². The van der Waals surface area contributed by atoms with Crippen molar-refractivity contribution in [2.24, 2.45) is 0 Å². The molecule has 2 aromatic heterocycles. The molecule has 1 fully saturated rings. The summed E-state index contributed by atoms with van der Waals surface area (Å²) in [5.41, 5.74) is 3.32. The molecule has 2 aromatic carbocycles. The number of amides is 3. The molecular weight excluding hydrogens is 444 g/mol. The first-order valence-corrected chi connectivity index (χ1v) is 11.3. The highest BCUT2D eigenvalue weighted by atomic mass is 16.2. The Labute approximate surface area is 202 Å². The number of anilines is 1. The predicted molar refractivity (Wildman–Crippen MR) is 131 cm³/mol. The second-order valence-corrected chi connectivity index (χ2v) is 8.28. The monoisotopic (exact) mass is 468 g/mol. The smallest absolute Gasteiger partial charge is 0.261 e. The standard InChI is InChI=1S/C26H24N6O3/c1-18-6-2-3-7-22(18)32-25(30-13-4-5-14-30)21(16-28-32)24(34)29-20-10-8-19(9-11-20)26(35)31-15-12-27-23(33)17-31/h2-11,13-14,16H,12,15,17H2,1H3,(H,27,33)(H,29,34). The summed E-state index contributed by atoms with van der Waals surface area (Å²) in [7, 11) is 0. The van der Waals surface area contributed by atoms with E-state index in [0.717, 1.165) is 11.3 Å². The highest BCUT2D eigenvalue weighted by molar-refractivity contribution is 6.06. The number of aryl methyl sites for hydroxylation is 1. The molecule has 3 amide bonds. The first-order chi connectivity index (χ1) is 17.0. The van der Waals surface area contributed by atoms with E-state index in [0.29, 0.717) is 35.7 Å². The summed E-state index contributed by atoms with van der Waals surface area (Å²) < 4.78 is 3.60. The van der Waals surface area contributed by atoms with Crippen molar-refractivity contribution in [1.29, 1.82) is 0 Å². The lowest BCUT2D eigenvalue weighted by Crippen LogP contribution is -2.49. The number of aromatic nitrogens is 3. The topological polar surface area (TPSA) is 101 Å². The lowest BCUT2D eigenvalue weighted by molar-refractivity contribution is -0.123. The van der Waals surface area contributed by atoms with Crippen LogP contribution in [0.15, 0.2) is 79.3 Å². The molecule has 4 aromatic rings. The second-order valence-electron chi connectivity index (χ2n) is 8.28.